The fraction of sp³-hybridized carbons (Fsp3) is 0.714. The Bertz CT molecular complexity index is 536. The molecular weight excluding hydrogens is 276 g/mol. The van der Waals surface area contributed by atoms with Crippen molar-refractivity contribution in [3.63, 3.8) is 0 Å². The molecule has 110 valence electrons. The van der Waals surface area contributed by atoms with Crippen LogP contribution in [0.4, 0.5) is 5.69 Å². The van der Waals surface area contributed by atoms with Crippen molar-refractivity contribution in [1.82, 2.24) is 14.7 Å². The first-order valence-electron chi connectivity index (χ1n) is 7.35. The Labute approximate surface area is 123 Å². The number of aromatic nitrogens is 2. The number of hydrogen-bond donors (Lipinski definition) is 1. The molecule has 2 aliphatic rings. The number of rotatable bonds is 7. The van der Waals surface area contributed by atoms with Crippen LogP contribution in [0.5, 0.6) is 0 Å². The first-order valence-corrected chi connectivity index (χ1v) is 7.72. The van der Waals surface area contributed by atoms with E-state index in [-0.39, 0.29) is 5.56 Å². The molecule has 2 fully saturated rings. The monoisotopic (exact) mass is 296 g/mol. The van der Waals surface area contributed by atoms with Crippen LogP contribution in [-0.2, 0) is 6.54 Å². The molecule has 1 aromatic rings. The van der Waals surface area contributed by atoms with Crippen LogP contribution < -0.4 is 10.9 Å². The highest BCUT2D eigenvalue weighted by molar-refractivity contribution is 6.32. The lowest BCUT2D eigenvalue weighted by Gasteiger charge is -2.16. The summed E-state index contributed by atoms with van der Waals surface area (Å²) in [5, 5.41) is 7.72. The molecule has 0 bridgehead atoms. The van der Waals surface area contributed by atoms with Gasteiger partial charge in [0.2, 0.25) is 0 Å². The van der Waals surface area contributed by atoms with Crippen LogP contribution in [-0.4, -0.2) is 40.9 Å². The zero-order valence-electron chi connectivity index (χ0n) is 11.8. The van der Waals surface area contributed by atoms with Gasteiger partial charge in [-0.15, -0.1) is 0 Å². The second-order valence-electron chi connectivity index (χ2n) is 5.94. The van der Waals surface area contributed by atoms with Crippen LogP contribution in [0.3, 0.4) is 0 Å². The van der Waals surface area contributed by atoms with Gasteiger partial charge in [-0.25, -0.2) is 4.68 Å². The van der Waals surface area contributed by atoms with Crippen molar-refractivity contribution >= 4 is 17.3 Å². The quantitative estimate of drug-likeness (QED) is 0.834. The van der Waals surface area contributed by atoms with E-state index in [4.69, 9.17) is 11.6 Å². The van der Waals surface area contributed by atoms with E-state index < -0.39 is 0 Å². The summed E-state index contributed by atoms with van der Waals surface area (Å²) in [5.74, 6) is 0.621. The maximum absolute atomic E-state index is 12.3. The second kappa shape index (κ2) is 5.74. The van der Waals surface area contributed by atoms with Crippen molar-refractivity contribution < 1.29 is 0 Å². The van der Waals surface area contributed by atoms with Crippen LogP contribution in [0.1, 0.15) is 25.7 Å². The van der Waals surface area contributed by atoms with Gasteiger partial charge in [0.15, 0.2) is 0 Å². The van der Waals surface area contributed by atoms with Gasteiger partial charge >= 0.3 is 0 Å². The van der Waals surface area contributed by atoms with Crippen LogP contribution in [0.25, 0.3) is 0 Å². The maximum Gasteiger partial charge on any atom is 0.291 e. The third-order valence-electron chi connectivity index (χ3n) is 4.06. The zero-order valence-corrected chi connectivity index (χ0v) is 12.6. The summed E-state index contributed by atoms with van der Waals surface area (Å²) in [6.45, 7) is 2.37. The molecule has 0 atom stereocenters. The molecule has 0 aliphatic heterocycles. The van der Waals surface area contributed by atoms with E-state index in [0.29, 0.717) is 23.2 Å². The van der Waals surface area contributed by atoms with E-state index >= 15 is 0 Å². The molecule has 2 aliphatic carbocycles. The third-order valence-corrected chi connectivity index (χ3v) is 4.35. The Hall–Kier alpha value is -1.07. The van der Waals surface area contributed by atoms with Gasteiger partial charge in [0.1, 0.15) is 5.69 Å². The molecule has 1 heterocycles. The minimum atomic E-state index is -0.0986. The van der Waals surface area contributed by atoms with Crippen molar-refractivity contribution in [2.75, 3.05) is 25.5 Å². The molecule has 0 unspecified atom stereocenters. The molecule has 20 heavy (non-hydrogen) atoms. The summed E-state index contributed by atoms with van der Waals surface area (Å²) in [6, 6.07) is 0.733. The maximum atomic E-state index is 12.3. The number of hydrogen-bond acceptors (Lipinski definition) is 4. The van der Waals surface area contributed by atoms with Crippen LogP contribution in [0, 0.1) is 5.92 Å². The molecule has 0 amide bonds. The molecule has 0 saturated heterocycles. The van der Waals surface area contributed by atoms with E-state index in [0.717, 1.165) is 19.1 Å². The minimum absolute atomic E-state index is 0.0986. The summed E-state index contributed by atoms with van der Waals surface area (Å²) < 4.78 is 1.54. The highest BCUT2D eigenvalue weighted by Gasteiger charge is 2.26. The van der Waals surface area contributed by atoms with Crippen molar-refractivity contribution in [3.8, 4) is 0 Å². The molecule has 5 nitrogen and oxygen atoms in total. The Balaban J connectivity index is 1.62. The number of nitrogens with one attached hydrogen (secondary N) is 1. The SMILES string of the molecule is CN(CCNc1c(Cl)cnn(CC2CC2)c1=O)C1CC1. The average molecular weight is 297 g/mol. The largest absolute Gasteiger partial charge is 0.378 e. The van der Waals surface area contributed by atoms with Crippen LogP contribution >= 0.6 is 11.6 Å². The first kappa shape index (κ1) is 13.9. The number of nitrogens with zero attached hydrogens (tertiary/aromatic N) is 3. The van der Waals surface area contributed by atoms with Gasteiger partial charge in [0.25, 0.3) is 5.56 Å². The van der Waals surface area contributed by atoms with E-state index in [1.807, 2.05) is 0 Å². The Kier molecular flexibility index (Phi) is 3.98. The topological polar surface area (TPSA) is 50.2 Å². The van der Waals surface area contributed by atoms with E-state index in [2.05, 4.69) is 22.4 Å². The molecule has 0 aromatic carbocycles. The summed E-state index contributed by atoms with van der Waals surface area (Å²) in [6.07, 6.45) is 6.55. The van der Waals surface area contributed by atoms with Crippen molar-refractivity contribution in [2.24, 2.45) is 5.92 Å². The lowest BCUT2D eigenvalue weighted by molar-refractivity contribution is 0.337. The van der Waals surface area contributed by atoms with Gasteiger partial charge in [-0.1, -0.05) is 11.6 Å². The fourth-order valence-electron chi connectivity index (χ4n) is 2.36. The third kappa shape index (κ3) is 3.33. The first-order chi connectivity index (χ1) is 9.65. The van der Waals surface area contributed by atoms with E-state index in [9.17, 15) is 4.79 Å². The van der Waals surface area contributed by atoms with Crippen molar-refractivity contribution in [3.05, 3.63) is 21.6 Å². The van der Waals surface area contributed by atoms with E-state index in [1.165, 1.54) is 30.4 Å². The Morgan fingerprint density at radius 1 is 1.45 bits per heavy atom. The molecule has 2 saturated carbocycles. The molecule has 0 spiro atoms. The van der Waals surface area contributed by atoms with Gasteiger partial charge in [0.05, 0.1) is 11.2 Å². The van der Waals surface area contributed by atoms with Gasteiger partial charge in [-0.05, 0) is 38.6 Å². The normalized spacial score (nSPS) is 18.6. The highest BCUT2D eigenvalue weighted by atomic mass is 35.5. The molecule has 3 rings (SSSR count). The average Bonchev–Trinajstić information content (AvgIpc) is 3.28. The van der Waals surface area contributed by atoms with Crippen LogP contribution in [0.2, 0.25) is 5.02 Å². The number of halogens is 1. The summed E-state index contributed by atoms with van der Waals surface area (Å²) >= 11 is 6.09. The van der Waals surface area contributed by atoms with E-state index in [1.54, 1.807) is 6.20 Å². The number of anilines is 1. The van der Waals surface area contributed by atoms with Gasteiger partial charge in [0, 0.05) is 25.7 Å². The molecule has 6 heteroatoms. The molecule has 0 radical (unpaired) electrons. The second-order valence-corrected chi connectivity index (χ2v) is 6.34. The Morgan fingerprint density at radius 2 is 2.20 bits per heavy atom. The van der Waals surface area contributed by atoms with Gasteiger partial charge < -0.3 is 10.2 Å². The van der Waals surface area contributed by atoms with Crippen molar-refractivity contribution in [2.45, 2.75) is 38.3 Å². The lowest BCUT2D eigenvalue weighted by atomic mass is 10.4. The highest BCUT2D eigenvalue weighted by Crippen LogP contribution is 2.30. The molecular formula is C14H21ClN4O. The smallest absolute Gasteiger partial charge is 0.291 e. The summed E-state index contributed by atoms with van der Waals surface area (Å²) in [4.78, 5) is 14.6. The fourth-order valence-corrected chi connectivity index (χ4v) is 2.55. The van der Waals surface area contributed by atoms with Crippen molar-refractivity contribution in [1.29, 1.82) is 0 Å². The minimum Gasteiger partial charge on any atom is -0.378 e. The zero-order chi connectivity index (χ0) is 14.1. The standard InChI is InChI=1S/C14H21ClN4O/c1-18(11-4-5-11)7-6-16-13-12(15)8-17-19(14(13)20)9-10-2-3-10/h8,10-11,16H,2-7,9H2,1H3. The molecule has 1 N–H and O–H groups in total. The lowest BCUT2D eigenvalue weighted by Crippen LogP contribution is -2.31. The van der Waals surface area contributed by atoms with Crippen LogP contribution in [0.15, 0.2) is 11.0 Å². The number of likely N-dealkylation sites (N-methyl/N-ethyl adjacent to an activating group) is 1. The predicted octanol–water partition coefficient (Wildman–Crippen LogP) is 1.81. The van der Waals surface area contributed by atoms with Gasteiger partial charge in [-0.3, -0.25) is 4.79 Å². The summed E-state index contributed by atoms with van der Waals surface area (Å²) in [5.41, 5.74) is 0.394. The molecule has 1 aromatic heterocycles. The summed E-state index contributed by atoms with van der Waals surface area (Å²) in [7, 11) is 2.12. The predicted molar refractivity (Wildman–Crippen MR) is 80.4 cm³/mol. The Morgan fingerprint density at radius 3 is 2.85 bits per heavy atom. The van der Waals surface area contributed by atoms with Gasteiger partial charge in [-0.2, -0.15) is 5.10 Å².